The van der Waals surface area contributed by atoms with E-state index in [1.807, 2.05) is 0 Å². The van der Waals surface area contributed by atoms with Gasteiger partial charge in [0.1, 0.15) is 5.69 Å². The lowest BCUT2D eigenvalue weighted by molar-refractivity contribution is -0.384. The smallest absolute Gasteiger partial charge is 0.310 e. The zero-order chi connectivity index (χ0) is 13.0. The zero-order valence-electron chi connectivity index (χ0n) is 9.10. The molecule has 0 atom stereocenters. The normalized spacial score (nSPS) is 10.0. The number of rotatable bonds is 4. The predicted molar refractivity (Wildman–Crippen MR) is 62.9 cm³/mol. The van der Waals surface area contributed by atoms with Crippen LogP contribution in [0, 0.1) is 10.1 Å². The fraction of sp³-hybridized carbons (Fsp3) is 0.300. The van der Waals surface area contributed by atoms with E-state index in [1.54, 1.807) is 6.92 Å². The molecule has 0 aliphatic rings. The van der Waals surface area contributed by atoms with Crippen LogP contribution in [0.4, 0.5) is 11.4 Å². The van der Waals surface area contributed by atoms with Crippen molar-refractivity contribution < 1.29 is 14.5 Å². The van der Waals surface area contributed by atoms with Crippen molar-refractivity contribution in [2.24, 2.45) is 0 Å². The fourth-order valence-electron chi connectivity index (χ4n) is 1.35. The van der Waals surface area contributed by atoms with Gasteiger partial charge in [-0.3, -0.25) is 14.9 Å². The number of benzene rings is 1. The predicted octanol–water partition coefficient (Wildman–Crippen LogP) is 1.94. The van der Waals surface area contributed by atoms with Crippen LogP contribution in [0.5, 0.6) is 0 Å². The number of nitrogens with zero attached hydrogens (tertiary/aromatic N) is 1. The van der Waals surface area contributed by atoms with Crippen LogP contribution in [-0.4, -0.2) is 17.5 Å². The largest absolute Gasteiger partial charge is 0.466 e. The number of halogens is 1. The molecule has 0 amide bonds. The van der Waals surface area contributed by atoms with Crippen molar-refractivity contribution >= 4 is 28.9 Å². The Morgan fingerprint density at radius 2 is 2.24 bits per heavy atom. The number of ether oxygens (including phenoxy) is 1. The maximum absolute atomic E-state index is 11.3. The van der Waals surface area contributed by atoms with Crippen molar-refractivity contribution in [1.82, 2.24) is 0 Å². The summed E-state index contributed by atoms with van der Waals surface area (Å²) in [4.78, 5) is 21.5. The number of anilines is 1. The molecule has 0 fully saturated rings. The van der Waals surface area contributed by atoms with Crippen LogP contribution in [0.1, 0.15) is 12.5 Å². The van der Waals surface area contributed by atoms with E-state index in [0.717, 1.165) is 0 Å². The van der Waals surface area contributed by atoms with Crippen molar-refractivity contribution in [3.8, 4) is 0 Å². The van der Waals surface area contributed by atoms with E-state index in [1.165, 1.54) is 12.1 Å². The van der Waals surface area contributed by atoms with Crippen molar-refractivity contribution in [3.63, 3.8) is 0 Å². The highest BCUT2D eigenvalue weighted by atomic mass is 35.5. The van der Waals surface area contributed by atoms with Gasteiger partial charge in [0.15, 0.2) is 0 Å². The van der Waals surface area contributed by atoms with Crippen LogP contribution in [0.2, 0.25) is 5.02 Å². The molecule has 0 spiro atoms. The molecule has 17 heavy (non-hydrogen) atoms. The summed E-state index contributed by atoms with van der Waals surface area (Å²) in [6.07, 6.45) is -0.203. The molecule has 0 aliphatic heterocycles. The highest BCUT2D eigenvalue weighted by Gasteiger charge is 2.22. The summed E-state index contributed by atoms with van der Waals surface area (Å²) in [6.45, 7) is 1.87. The van der Waals surface area contributed by atoms with Gasteiger partial charge in [0.05, 0.1) is 23.0 Å². The van der Waals surface area contributed by atoms with Gasteiger partial charge in [-0.15, -0.1) is 0 Å². The first-order chi connectivity index (χ1) is 7.97. The Kier molecular flexibility index (Phi) is 4.28. The minimum absolute atomic E-state index is 0.0873. The summed E-state index contributed by atoms with van der Waals surface area (Å²) < 4.78 is 4.72. The minimum Gasteiger partial charge on any atom is -0.466 e. The van der Waals surface area contributed by atoms with Gasteiger partial charge in [0.2, 0.25) is 0 Å². The molecular formula is C10H11ClN2O4. The Morgan fingerprint density at radius 1 is 1.59 bits per heavy atom. The molecule has 0 heterocycles. The van der Waals surface area contributed by atoms with Crippen LogP contribution in [-0.2, 0) is 16.0 Å². The molecule has 0 radical (unpaired) electrons. The monoisotopic (exact) mass is 258 g/mol. The van der Waals surface area contributed by atoms with Gasteiger partial charge in [-0.25, -0.2) is 0 Å². The van der Waals surface area contributed by atoms with E-state index in [2.05, 4.69) is 0 Å². The second kappa shape index (κ2) is 5.49. The molecule has 0 aliphatic carbocycles. The first-order valence-electron chi connectivity index (χ1n) is 4.84. The molecular weight excluding hydrogens is 248 g/mol. The first kappa shape index (κ1) is 13.2. The second-order valence-electron chi connectivity index (χ2n) is 3.21. The maximum Gasteiger partial charge on any atom is 0.310 e. The van der Waals surface area contributed by atoms with Gasteiger partial charge in [-0.2, -0.15) is 0 Å². The van der Waals surface area contributed by atoms with E-state index < -0.39 is 10.9 Å². The lowest BCUT2D eigenvalue weighted by atomic mass is 10.1. The first-order valence-corrected chi connectivity index (χ1v) is 5.22. The van der Waals surface area contributed by atoms with E-state index in [4.69, 9.17) is 22.1 Å². The molecule has 0 bridgehead atoms. The fourth-order valence-corrected chi connectivity index (χ4v) is 1.51. The number of hydrogen-bond acceptors (Lipinski definition) is 5. The standard InChI is InChI=1S/C10H11ClN2O4/c1-2-17-8(14)5-6-3-4-7(11)9(12)10(6)13(15)16/h3-4H,2,5,12H2,1H3. The summed E-state index contributed by atoms with van der Waals surface area (Å²) in [7, 11) is 0. The van der Waals surface area contributed by atoms with E-state index in [0.29, 0.717) is 0 Å². The highest BCUT2D eigenvalue weighted by molar-refractivity contribution is 6.33. The summed E-state index contributed by atoms with van der Waals surface area (Å²) >= 11 is 5.68. The Bertz CT molecular complexity index is 462. The molecule has 0 aromatic heterocycles. The van der Waals surface area contributed by atoms with Crippen LogP contribution in [0.3, 0.4) is 0 Å². The average Bonchev–Trinajstić information content (AvgIpc) is 2.23. The lowest BCUT2D eigenvalue weighted by Gasteiger charge is -2.06. The van der Waals surface area contributed by atoms with Crippen LogP contribution < -0.4 is 5.73 Å². The van der Waals surface area contributed by atoms with Gasteiger partial charge in [-0.1, -0.05) is 11.6 Å². The lowest BCUT2D eigenvalue weighted by Crippen LogP contribution is -2.10. The molecule has 1 rings (SSSR count). The average molecular weight is 259 g/mol. The molecule has 92 valence electrons. The topological polar surface area (TPSA) is 95.5 Å². The molecule has 0 saturated heterocycles. The van der Waals surface area contributed by atoms with Crippen LogP contribution >= 0.6 is 11.6 Å². The van der Waals surface area contributed by atoms with Gasteiger partial charge in [0, 0.05) is 5.56 Å². The SMILES string of the molecule is CCOC(=O)Cc1ccc(Cl)c(N)c1[N+](=O)[O-]. The number of hydrogen-bond donors (Lipinski definition) is 1. The number of nitro benzene ring substituents is 1. The van der Waals surface area contributed by atoms with Crippen molar-refractivity contribution in [2.45, 2.75) is 13.3 Å². The Morgan fingerprint density at radius 3 is 2.76 bits per heavy atom. The van der Waals surface area contributed by atoms with Crippen molar-refractivity contribution in [3.05, 3.63) is 32.8 Å². The third-order valence-electron chi connectivity index (χ3n) is 2.07. The summed E-state index contributed by atoms with van der Waals surface area (Å²) in [5, 5.41) is 10.9. The third-order valence-corrected chi connectivity index (χ3v) is 2.40. The Balaban J connectivity index is 3.11. The maximum atomic E-state index is 11.3. The van der Waals surface area contributed by atoms with E-state index >= 15 is 0 Å². The summed E-state index contributed by atoms with van der Waals surface area (Å²) in [5.41, 5.74) is 5.22. The number of esters is 1. The Labute approximate surface area is 102 Å². The molecule has 1 aromatic rings. The van der Waals surface area contributed by atoms with Gasteiger partial charge < -0.3 is 10.5 Å². The van der Waals surface area contributed by atoms with Gasteiger partial charge in [-0.05, 0) is 19.1 Å². The second-order valence-corrected chi connectivity index (χ2v) is 3.61. The van der Waals surface area contributed by atoms with Crippen molar-refractivity contribution in [2.75, 3.05) is 12.3 Å². The van der Waals surface area contributed by atoms with Gasteiger partial charge >= 0.3 is 5.97 Å². The summed E-state index contributed by atoms with van der Waals surface area (Å²) in [6, 6.07) is 2.81. The van der Waals surface area contributed by atoms with E-state index in [-0.39, 0.29) is 35.0 Å². The number of carbonyl (C=O) groups is 1. The summed E-state index contributed by atoms with van der Waals surface area (Å²) in [5.74, 6) is -0.544. The third kappa shape index (κ3) is 3.07. The number of carbonyl (C=O) groups excluding carboxylic acids is 1. The number of nitrogen functional groups attached to an aromatic ring is 1. The number of nitro groups is 1. The molecule has 1 aromatic carbocycles. The quantitative estimate of drug-likeness (QED) is 0.385. The molecule has 0 saturated carbocycles. The van der Waals surface area contributed by atoms with Crippen molar-refractivity contribution in [1.29, 1.82) is 0 Å². The minimum atomic E-state index is -0.657. The highest BCUT2D eigenvalue weighted by Crippen LogP contribution is 2.33. The van der Waals surface area contributed by atoms with Crippen LogP contribution in [0.15, 0.2) is 12.1 Å². The molecule has 7 heteroatoms. The van der Waals surface area contributed by atoms with Crippen LogP contribution in [0.25, 0.3) is 0 Å². The Hall–Kier alpha value is -1.82. The zero-order valence-corrected chi connectivity index (χ0v) is 9.86. The molecule has 2 N–H and O–H groups in total. The molecule has 6 nitrogen and oxygen atoms in total. The number of nitrogens with two attached hydrogens (primary N) is 1. The van der Waals surface area contributed by atoms with Gasteiger partial charge in [0.25, 0.3) is 5.69 Å². The molecule has 0 unspecified atom stereocenters. The van der Waals surface area contributed by atoms with E-state index in [9.17, 15) is 14.9 Å².